The first-order valence-electron chi connectivity index (χ1n) is 20.3. The molecule has 0 aromatic heterocycles. The van der Waals surface area contributed by atoms with E-state index in [1.54, 1.807) is 0 Å². The van der Waals surface area contributed by atoms with E-state index in [9.17, 15) is 60.7 Å². The molecule has 11 N–H and O–H groups in total. The molecule has 2 aliphatic heterocycles. The van der Waals surface area contributed by atoms with Crippen LogP contribution in [0.4, 0.5) is 0 Å². The van der Waals surface area contributed by atoms with Gasteiger partial charge in [0.1, 0.15) is 36.6 Å². The van der Waals surface area contributed by atoms with Crippen LogP contribution in [0.5, 0.6) is 0 Å². The van der Waals surface area contributed by atoms with Crippen LogP contribution in [0.1, 0.15) is 98.3 Å². The number of unbranched alkanes of at least 4 members (excludes halogenated alkanes) is 7. The SMILES string of the molecule is CCCCCCCCCCC(C)COC1OC(CO)C(OC(OC(CO[C@]2(C(=O)O)C[C@H](O)C(CO)C(C[C@H](O)CO)O2)[C@@H](C)O)[C@@H](O)CO)C(O)C1NC(C)=O. The molecule has 19 nitrogen and oxygen atoms in total. The third-order valence-electron chi connectivity index (χ3n) is 10.5. The molecule has 0 spiro atoms. The second-order valence-corrected chi connectivity index (χ2v) is 15.5. The molecule has 0 aromatic carbocycles. The largest absolute Gasteiger partial charge is 0.477 e. The third-order valence-corrected chi connectivity index (χ3v) is 10.5. The number of amides is 1. The number of aliphatic hydroxyl groups excluding tert-OH is 9. The summed E-state index contributed by atoms with van der Waals surface area (Å²) in [5.41, 5.74) is 0. The fourth-order valence-electron chi connectivity index (χ4n) is 7.02. The molecule has 0 radical (unpaired) electrons. The maximum Gasteiger partial charge on any atom is 0.364 e. The maximum absolute atomic E-state index is 12.5. The fourth-order valence-corrected chi connectivity index (χ4v) is 7.02. The summed E-state index contributed by atoms with van der Waals surface area (Å²) >= 11 is 0. The molecule has 19 heteroatoms. The topological polar surface area (TPSA) is 304 Å². The number of aliphatic carboxylic acids is 1. The average molecular weight is 830 g/mol. The lowest BCUT2D eigenvalue weighted by Crippen LogP contribution is -2.66. The highest BCUT2D eigenvalue weighted by Gasteiger charge is 2.54. The van der Waals surface area contributed by atoms with Gasteiger partial charge in [-0.05, 0) is 19.3 Å². The zero-order valence-corrected chi connectivity index (χ0v) is 33.8. The molecule has 2 saturated heterocycles. The first-order chi connectivity index (χ1) is 27.1. The van der Waals surface area contributed by atoms with Crippen molar-refractivity contribution in [2.75, 3.05) is 39.6 Å². The van der Waals surface area contributed by atoms with Crippen LogP contribution in [0.2, 0.25) is 0 Å². The van der Waals surface area contributed by atoms with Crippen LogP contribution in [0, 0.1) is 11.8 Å². The van der Waals surface area contributed by atoms with Crippen LogP contribution in [-0.2, 0) is 38.0 Å². The van der Waals surface area contributed by atoms with Crippen molar-refractivity contribution in [3.05, 3.63) is 0 Å². The van der Waals surface area contributed by atoms with Crippen molar-refractivity contribution in [2.45, 2.75) is 178 Å². The van der Waals surface area contributed by atoms with E-state index in [1.807, 2.05) is 6.92 Å². The molecular weight excluding hydrogens is 758 g/mol. The molecule has 15 atom stereocenters. The van der Waals surface area contributed by atoms with Crippen molar-refractivity contribution in [3.8, 4) is 0 Å². The number of carbonyl (C=O) groups excluding carboxylic acids is 1. The van der Waals surface area contributed by atoms with Gasteiger partial charge in [0.05, 0.1) is 64.1 Å². The summed E-state index contributed by atoms with van der Waals surface area (Å²) in [5.74, 6) is -5.76. The van der Waals surface area contributed by atoms with E-state index < -0.39 is 137 Å². The zero-order valence-electron chi connectivity index (χ0n) is 33.8. The van der Waals surface area contributed by atoms with Crippen molar-refractivity contribution in [1.82, 2.24) is 5.32 Å². The van der Waals surface area contributed by atoms with E-state index in [4.69, 9.17) is 28.4 Å². The number of carboxylic acid groups (broad SMARTS) is 1. The number of carbonyl (C=O) groups is 2. The molecule has 2 fully saturated rings. The van der Waals surface area contributed by atoms with Gasteiger partial charge in [0, 0.05) is 25.7 Å². The van der Waals surface area contributed by atoms with E-state index >= 15 is 0 Å². The first kappa shape index (κ1) is 51.5. The highest BCUT2D eigenvalue weighted by atomic mass is 16.8. The summed E-state index contributed by atoms with van der Waals surface area (Å²) in [4.78, 5) is 24.8. The molecule has 0 aromatic rings. The van der Waals surface area contributed by atoms with Crippen molar-refractivity contribution in [3.63, 3.8) is 0 Å². The minimum atomic E-state index is -2.59. The van der Waals surface area contributed by atoms with Crippen LogP contribution < -0.4 is 5.32 Å². The zero-order chi connectivity index (χ0) is 42.7. The summed E-state index contributed by atoms with van der Waals surface area (Å²) in [5, 5.41) is 106. The monoisotopic (exact) mass is 829 g/mol. The summed E-state index contributed by atoms with van der Waals surface area (Å²) in [6, 6.07) is -1.22. The second kappa shape index (κ2) is 26.5. The Morgan fingerprint density at radius 2 is 1.54 bits per heavy atom. The Morgan fingerprint density at radius 1 is 0.895 bits per heavy atom. The van der Waals surface area contributed by atoms with Gasteiger partial charge in [-0.15, -0.1) is 0 Å². The van der Waals surface area contributed by atoms with Crippen molar-refractivity contribution >= 4 is 11.9 Å². The number of rotatable bonds is 29. The predicted molar refractivity (Wildman–Crippen MR) is 200 cm³/mol. The van der Waals surface area contributed by atoms with Crippen LogP contribution in [0.25, 0.3) is 0 Å². The number of nitrogens with one attached hydrogen (secondary N) is 1. The summed E-state index contributed by atoms with van der Waals surface area (Å²) in [7, 11) is 0. The molecule has 57 heavy (non-hydrogen) atoms. The maximum atomic E-state index is 12.5. The number of ether oxygens (including phenoxy) is 6. The lowest BCUT2D eigenvalue weighted by atomic mass is 9.85. The third kappa shape index (κ3) is 16.4. The van der Waals surface area contributed by atoms with Gasteiger partial charge in [0.25, 0.3) is 5.79 Å². The van der Waals surface area contributed by atoms with Gasteiger partial charge >= 0.3 is 5.97 Å². The summed E-state index contributed by atoms with van der Waals surface area (Å²) in [6.07, 6.45) is -7.37. The van der Waals surface area contributed by atoms with E-state index in [2.05, 4.69) is 12.2 Å². The molecule has 1 amide bonds. The fraction of sp³-hybridized carbons (Fsp3) is 0.947. The number of hydrogen-bond acceptors (Lipinski definition) is 17. The van der Waals surface area contributed by atoms with Gasteiger partial charge in [-0.2, -0.15) is 0 Å². The normalized spacial score (nSPS) is 31.2. The van der Waals surface area contributed by atoms with E-state index in [-0.39, 0.29) is 18.9 Å². The molecule has 0 saturated carbocycles. The van der Waals surface area contributed by atoms with E-state index in [0.29, 0.717) is 0 Å². The van der Waals surface area contributed by atoms with Crippen molar-refractivity contribution < 1.29 is 89.1 Å². The Bertz CT molecular complexity index is 1120. The Hall–Kier alpha value is -1.66. The highest BCUT2D eigenvalue weighted by molar-refractivity contribution is 5.76. The minimum Gasteiger partial charge on any atom is -0.477 e. The van der Waals surface area contributed by atoms with Gasteiger partial charge < -0.3 is 84.8 Å². The van der Waals surface area contributed by atoms with Crippen LogP contribution >= 0.6 is 0 Å². The smallest absolute Gasteiger partial charge is 0.364 e. The lowest BCUT2D eigenvalue weighted by molar-refractivity contribution is -0.338. The van der Waals surface area contributed by atoms with Gasteiger partial charge in [-0.1, -0.05) is 65.2 Å². The molecule has 2 rings (SSSR count). The molecule has 0 bridgehead atoms. The highest BCUT2D eigenvalue weighted by Crippen LogP contribution is 2.37. The number of aliphatic hydroxyl groups is 9. The predicted octanol–water partition coefficient (Wildman–Crippen LogP) is -1.12. The number of hydrogen-bond donors (Lipinski definition) is 11. The first-order valence-corrected chi connectivity index (χ1v) is 20.3. The number of carboxylic acids is 1. The standard InChI is InChI=1S/C38H71NO18/c1-5-6-7-8-9-10-11-12-13-22(2)20-52-36-32(39-24(4)45)33(49)34(30(19-43)54-36)56-35(28(48)18-42)55-31(23(3)44)21-53-38(37(50)51)15-27(47)26(17-41)29(57-38)14-25(46)16-40/h22-23,25-36,40-44,46-49H,5-21H2,1-4H3,(H,39,45)(H,50,51)/t22?,23-,25+,26?,27+,28+,29?,30?,31?,32?,33?,34?,35?,36?,38-/m1/s1. The summed E-state index contributed by atoms with van der Waals surface area (Å²) < 4.78 is 35.0. The Morgan fingerprint density at radius 3 is 2.09 bits per heavy atom. The van der Waals surface area contributed by atoms with Crippen LogP contribution in [0.15, 0.2) is 0 Å². The van der Waals surface area contributed by atoms with Crippen LogP contribution in [0.3, 0.4) is 0 Å². The van der Waals surface area contributed by atoms with Crippen molar-refractivity contribution in [2.24, 2.45) is 11.8 Å². The molecular formula is C38H71NO18. The molecule has 0 aliphatic carbocycles. The second-order valence-electron chi connectivity index (χ2n) is 15.5. The average Bonchev–Trinajstić information content (AvgIpc) is 3.16. The van der Waals surface area contributed by atoms with Crippen molar-refractivity contribution in [1.29, 1.82) is 0 Å². The Kier molecular flexibility index (Phi) is 24.0. The molecule has 10 unspecified atom stereocenters. The molecule has 336 valence electrons. The lowest BCUT2D eigenvalue weighted by Gasteiger charge is -2.46. The van der Waals surface area contributed by atoms with Crippen LogP contribution in [-0.4, -0.2) is 182 Å². The minimum absolute atomic E-state index is 0.110. The quantitative estimate of drug-likeness (QED) is 0.0314. The van der Waals surface area contributed by atoms with Gasteiger partial charge in [-0.25, -0.2) is 4.79 Å². The Balaban J connectivity index is 2.19. The molecule has 2 heterocycles. The van der Waals surface area contributed by atoms with Gasteiger partial charge in [-0.3, -0.25) is 4.79 Å². The van der Waals surface area contributed by atoms with E-state index in [1.165, 1.54) is 46.0 Å². The van der Waals surface area contributed by atoms with Gasteiger partial charge in [0.15, 0.2) is 12.6 Å². The molecule has 2 aliphatic rings. The Labute approximate surface area is 335 Å². The van der Waals surface area contributed by atoms with E-state index in [0.717, 1.165) is 25.7 Å². The van der Waals surface area contributed by atoms with Gasteiger partial charge in [0.2, 0.25) is 5.91 Å². The summed E-state index contributed by atoms with van der Waals surface area (Å²) in [6.45, 7) is 3.05.